The number of aromatic nitrogens is 2. The second-order valence-electron chi connectivity index (χ2n) is 8.98. The molecule has 10 nitrogen and oxygen atoms in total. The van der Waals surface area contributed by atoms with Crippen LogP contribution >= 0.6 is 0 Å². The lowest BCUT2D eigenvalue weighted by Crippen LogP contribution is -2.45. The van der Waals surface area contributed by atoms with Crippen LogP contribution in [0.5, 0.6) is 0 Å². The summed E-state index contributed by atoms with van der Waals surface area (Å²) in [7, 11) is 3.99. The molecule has 3 N–H and O–H groups in total. The van der Waals surface area contributed by atoms with Gasteiger partial charge in [0, 0.05) is 31.5 Å². The van der Waals surface area contributed by atoms with Gasteiger partial charge in [-0.25, -0.2) is 14.8 Å². The number of carboxylic acid groups (broad SMARTS) is 1. The molecule has 0 unspecified atom stereocenters. The minimum absolute atomic E-state index is 0.0502. The van der Waals surface area contributed by atoms with E-state index in [0.717, 1.165) is 16.9 Å². The van der Waals surface area contributed by atoms with Crippen molar-refractivity contribution in [2.24, 2.45) is 0 Å². The van der Waals surface area contributed by atoms with Crippen molar-refractivity contribution in [3.05, 3.63) is 71.9 Å². The lowest BCUT2D eigenvalue weighted by atomic mass is 10.0. The van der Waals surface area contributed by atoms with Crippen LogP contribution in [0.4, 0.5) is 11.6 Å². The molecule has 5 rings (SSSR count). The third-order valence-corrected chi connectivity index (χ3v) is 6.42. The zero-order chi connectivity index (χ0) is 25.2. The Balaban J connectivity index is 1.24. The fourth-order valence-corrected chi connectivity index (χ4v) is 4.55. The van der Waals surface area contributed by atoms with Crippen LogP contribution in [0.2, 0.25) is 0 Å². The van der Waals surface area contributed by atoms with E-state index in [0.29, 0.717) is 12.6 Å². The van der Waals surface area contributed by atoms with Crippen LogP contribution in [0, 0.1) is 0 Å². The molecule has 4 atom stereocenters. The largest absolute Gasteiger partial charge is 0.478 e. The summed E-state index contributed by atoms with van der Waals surface area (Å²) in [6.07, 6.45) is 1.03. The molecule has 0 saturated carbocycles. The van der Waals surface area contributed by atoms with Crippen LogP contribution in [-0.2, 0) is 9.47 Å². The third-order valence-electron chi connectivity index (χ3n) is 6.42. The van der Waals surface area contributed by atoms with Gasteiger partial charge in [-0.3, -0.25) is 4.79 Å². The third kappa shape index (κ3) is 4.73. The first-order chi connectivity index (χ1) is 17.4. The van der Waals surface area contributed by atoms with Crippen LogP contribution in [0.1, 0.15) is 20.7 Å². The number of rotatable bonds is 7. The number of carbonyl (C=O) groups is 2. The van der Waals surface area contributed by atoms with Gasteiger partial charge in [-0.15, -0.1) is 0 Å². The molecular formula is C26H27N5O5. The zero-order valence-corrected chi connectivity index (χ0v) is 19.9. The minimum atomic E-state index is -1.15. The Morgan fingerprint density at radius 2 is 1.61 bits per heavy atom. The predicted octanol–water partition coefficient (Wildman–Crippen LogP) is 2.28. The molecule has 3 heterocycles. The molecule has 0 spiro atoms. The Morgan fingerprint density at radius 3 is 2.31 bits per heavy atom. The van der Waals surface area contributed by atoms with Crippen molar-refractivity contribution in [2.45, 2.75) is 24.3 Å². The normalized spacial score (nSPS) is 22.6. The molecule has 10 heteroatoms. The molecule has 0 radical (unpaired) electrons. The fourth-order valence-electron chi connectivity index (χ4n) is 4.55. The first kappa shape index (κ1) is 23.7. The van der Waals surface area contributed by atoms with E-state index in [9.17, 15) is 14.7 Å². The monoisotopic (exact) mass is 489 g/mol. The number of nitrogens with zero attached hydrogens (tertiary/aromatic N) is 3. The molecule has 3 aromatic rings. The van der Waals surface area contributed by atoms with Crippen LogP contribution in [0.15, 0.2) is 60.8 Å². The van der Waals surface area contributed by atoms with Gasteiger partial charge in [-0.1, -0.05) is 24.3 Å². The Kier molecular flexibility index (Phi) is 6.53. The molecular weight excluding hydrogens is 462 g/mol. The van der Waals surface area contributed by atoms with Gasteiger partial charge in [0.1, 0.15) is 12.2 Å². The summed E-state index contributed by atoms with van der Waals surface area (Å²) in [5.41, 5.74) is 2.93. The average molecular weight is 490 g/mol. The van der Waals surface area contributed by atoms with E-state index in [1.165, 1.54) is 12.1 Å². The van der Waals surface area contributed by atoms with E-state index in [-0.39, 0.29) is 36.0 Å². The maximum atomic E-state index is 12.8. The number of ether oxygens (including phenoxy) is 2. The van der Waals surface area contributed by atoms with Crippen molar-refractivity contribution >= 4 is 23.5 Å². The van der Waals surface area contributed by atoms with Gasteiger partial charge in [0.15, 0.2) is 0 Å². The van der Waals surface area contributed by atoms with Crippen LogP contribution in [0.25, 0.3) is 11.3 Å². The standard InChI is InChI=1S/C26H27N5O5/c1-31(2)16-9-7-15(8-10-16)19-11-12-27-26(29-19)30-21-14-36-22-20(13-35-23(21)22)28-24(32)17-5-3-4-6-18(17)25(33)34/h3-12,20-23H,13-14H2,1-2H3,(H,28,32)(H,33,34)(H,27,29,30)/t20-,21-,22+,23+/m0/s1. The number of carbonyl (C=O) groups excluding carboxylic acids is 1. The van der Waals surface area contributed by atoms with E-state index >= 15 is 0 Å². The Labute approximate surface area is 208 Å². The van der Waals surface area contributed by atoms with E-state index in [1.807, 2.05) is 49.3 Å². The molecule has 2 aliphatic rings. The van der Waals surface area contributed by atoms with Crippen molar-refractivity contribution in [2.75, 3.05) is 37.5 Å². The number of nitrogens with one attached hydrogen (secondary N) is 2. The molecule has 1 aromatic heterocycles. The predicted molar refractivity (Wildman–Crippen MR) is 133 cm³/mol. The molecule has 2 saturated heterocycles. The van der Waals surface area contributed by atoms with E-state index in [1.54, 1.807) is 18.3 Å². The van der Waals surface area contributed by atoms with Crippen LogP contribution in [-0.4, -0.2) is 78.6 Å². The second-order valence-corrected chi connectivity index (χ2v) is 8.98. The van der Waals surface area contributed by atoms with Gasteiger partial charge in [-0.2, -0.15) is 0 Å². The van der Waals surface area contributed by atoms with Crippen LogP contribution < -0.4 is 15.5 Å². The number of benzene rings is 2. The number of fused-ring (bicyclic) bond motifs is 1. The van der Waals surface area contributed by atoms with Crippen LogP contribution in [0.3, 0.4) is 0 Å². The Hall–Kier alpha value is -4.02. The molecule has 1 amide bonds. The summed E-state index contributed by atoms with van der Waals surface area (Å²) < 4.78 is 11.9. The highest BCUT2D eigenvalue weighted by atomic mass is 16.6. The van der Waals surface area contributed by atoms with E-state index in [4.69, 9.17) is 9.47 Å². The van der Waals surface area contributed by atoms with Gasteiger partial charge in [0.2, 0.25) is 5.95 Å². The Morgan fingerprint density at radius 1 is 0.944 bits per heavy atom. The SMILES string of the molecule is CN(C)c1ccc(-c2ccnc(N[C@H]3CO[C@H]4[C@@H]3OC[C@@H]4NC(=O)c3ccccc3C(=O)O)n2)cc1. The maximum absolute atomic E-state index is 12.8. The number of hydrogen-bond acceptors (Lipinski definition) is 8. The maximum Gasteiger partial charge on any atom is 0.336 e. The van der Waals surface area contributed by atoms with E-state index < -0.39 is 17.9 Å². The summed E-state index contributed by atoms with van der Waals surface area (Å²) >= 11 is 0. The summed E-state index contributed by atoms with van der Waals surface area (Å²) in [5.74, 6) is -1.16. The molecule has 0 aliphatic carbocycles. The van der Waals surface area contributed by atoms with Crippen molar-refractivity contribution in [3.63, 3.8) is 0 Å². The lowest BCUT2D eigenvalue weighted by molar-refractivity contribution is 0.0646. The van der Waals surface area contributed by atoms with Gasteiger partial charge in [0.05, 0.1) is 42.1 Å². The number of carboxylic acids is 1. The number of aromatic carboxylic acids is 1. The fraction of sp³-hybridized carbons (Fsp3) is 0.308. The number of amides is 1. The van der Waals surface area contributed by atoms with Crippen molar-refractivity contribution in [1.82, 2.24) is 15.3 Å². The summed E-state index contributed by atoms with van der Waals surface area (Å²) in [6.45, 7) is 0.617. The molecule has 186 valence electrons. The molecule has 2 fully saturated rings. The second kappa shape index (κ2) is 9.92. The highest BCUT2D eigenvalue weighted by Crippen LogP contribution is 2.29. The highest BCUT2D eigenvalue weighted by Gasteiger charge is 2.48. The lowest BCUT2D eigenvalue weighted by Gasteiger charge is -2.19. The van der Waals surface area contributed by atoms with Crippen molar-refractivity contribution in [1.29, 1.82) is 0 Å². The molecule has 0 bridgehead atoms. The minimum Gasteiger partial charge on any atom is -0.478 e. The Bertz CT molecular complexity index is 1270. The van der Waals surface area contributed by atoms with Crippen molar-refractivity contribution < 1.29 is 24.2 Å². The molecule has 36 heavy (non-hydrogen) atoms. The highest BCUT2D eigenvalue weighted by molar-refractivity contribution is 6.04. The number of hydrogen-bond donors (Lipinski definition) is 3. The quantitative estimate of drug-likeness (QED) is 0.458. The smallest absolute Gasteiger partial charge is 0.336 e. The first-order valence-electron chi connectivity index (χ1n) is 11.6. The molecule has 2 aromatic carbocycles. The average Bonchev–Trinajstić information content (AvgIpc) is 3.47. The zero-order valence-electron chi connectivity index (χ0n) is 19.9. The van der Waals surface area contributed by atoms with E-state index in [2.05, 4.69) is 20.6 Å². The first-order valence-corrected chi connectivity index (χ1v) is 11.6. The summed E-state index contributed by atoms with van der Waals surface area (Å²) in [5, 5.41) is 15.6. The number of anilines is 2. The van der Waals surface area contributed by atoms with Gasteiger partial charge in [-0.05, 0) is 30.3 Å². The van der Waals surface area contributed by atoms with Gasteiger partial charge in [0.25, 0.3) is 5.91 Å². The summed E-state index contributed by atoms with van der Waals surface area (Å²) in [4.78, 5) is 35.3. The van der Waals surface area contributed by atoms with Gasteiger partial charge >= 0.3 is 5.97 Å². The topological polar surface area (TPSA) is 126 Å². The molecule has 2 aliphatic heterocycles. The van der Waals surface area contributed by atoms with Crippen molar-refractivity contribution in [3.8, 4) is 11.3 Å². The van der Waals surface area contributed by atoms with Gasteiger partial charge < -0.3 is 30.1 Å². The summed E-state index contributed by atoms with van der Waals surface area (Å²) in [6, 6.07) is 15.5.